The lowest BCUT2D eigenvalue weighted by molar-refractivity contribution is 0.0946. The van der Waals surface area contributed by atoms with Crippen LogP contribution in [0, 0.1) is 12.8 Å². The van der Waals surface area contributed by atoms with Gasteiger partial charge in [-0.1, -0.05) is 12.1 Å². The fourth-order valence-electron chi connectivity index (χ4n) is 1.96. The number of nitrogens with two attached hydrogens (primary N) is 1. The van der Waals surface area contributed by atoms with Gasteiger partial charge < -0.3 is 15.8 Å². The molecule has 4 nitrogen and oxygen atoms in total. The van der Waals surface area contributed by atoms with E-state index in [1.165, 1.54) is 0 Å². The molecular weight excluding hydrogens is 216 g/mol. The maximum absolute atomic E-state index is 11.9. The summed E-state index contributed by atoms with van der Waals surface area (Å²) in [7, 11) is 0. The highest BCUT2D eigenvalue weighted by Gasteiger charge is 2.17. The Morgan fingerprint density at radius 3 is 3.12 bits per heavy atom. The quantitative estimate of drug-likeness (QED) is 0.776. The first-order chi connectivity index (χ1) is 8.18. The zero-order valence-corrected chi connectivity index (χ0v) is 10.0. The van der Waals surface area contributed by atoms with Crippen molar-refractivity contribution < 1.29 is 9.53 Å². The van der Waals surface area contributed by atoms with Gasteiger partial charge in [0.15, 0.2) is 0 Å². The summed E-state index contributed by atoms with van der Waals surface area (Å²) in [5, 5.41) is 2.91. The topological polar surface area (TPSA) is 64.3 Å². The Kier molecular flexibility index (Phi) is 3.64. The molecule has 92 valence electrons. The van der Waals surface area contributed by atoms with Gasteiger partial charge in [0, 0.05) is 24.8 Å². The number of carbonyl (C=O) groups excluding carboxylic acids is 1. The van der Waals surface area contributed by atoms with Crippen LogP contribution in [0.2, 0.25) is 0 Å². The summed E-state index contributed by atoms with van der Waals surface area (Å²) in [4.78, 5) is 11.9. The number of carbonyl (C=O) groups is 1. The highest BCUT2D eigenvalue weighted by molar-refractivity contribution is 5.99. The first-order valence-corrected chi connectivity index (χ1v) is 5.89. The molecule has 0 aromatic heterocycles. The monoisotopic (exact) mass is 234 g/mol. The molecule has 1 atom stereocenters. The summed E-state index contributed by atoms with van der Waals surface area (Å²) in [6.45, 7) is 4.10. The van der Waals surface area contributed by atoms with Crippen LogP contribution in [0.4, 0.5) is 5.69 Å². The number of hydrogen-bond donors (Lipinski definition) is 2. The van der Waals surface area contributed by atoms with Gasteiger partial charge in [-0.3, -0.25) is 4.79 Å². The number of amides is 1. The maximum Gasteiger partial charge on any atom is 0.253 e. The first-order valence-electron chi connectivity index (χ1n) is 5.89. The summed E-state index contributed by atoms with van der Waals surface area (Å²) < 4.78 is 5.26. The predicted molar refractivity (Wildman–Crippen MR) is 66.9 cm³/mol. The van der Waals surface area contributed by atoms with E-state index in [4.69, 9.17) is 10.5 Å². The van der Waals surface area contributed by atoms with Crippen LogP contribution in [0.25, 0.3) is 0 Å². The van der Waals surface area contributed by atoms with E-state index in [2.05, 4.69) is 5.32 Å². The summed E-state index contributed by atoms with van der Waals surface area (Å²) in [6, 6.07) is 5.50. The number of anilines is 1. The van der Waals surface area contributed by atoms with Crippen molar-refractivity contribution in [1.29, 1.82) is 0 Å². The number of aryl methyl sites for hydroxylation is 1. The smallest absolute Gasteiger partial charge is 0.253 e. The second kappa shape index (κ2) is 5.19. The summed E-state index contributed by atoms with van der Waals surface area (Å²) in [5.74, 6) is 0.336. The van der Waals surface area contributed by atoms with Gasteiger partial charge in [0.1, 0.15) is 0 Å². The number of nitrogen functional groups attached to an aromatic ring is 1. The molecule has 4 heteroatoms. The van der Waals surface area contributed by atoms with Crippen molar-refractivity contribution >= 4 is 11.6 Å². The van der Waals surface area contributed by atoms with Gasteiger partial charge in [0.2, 0.25) is 0 Å². The zero-order chi connectivity index (χ0) is 12.3. The largest absolute Gasteiger partial charge is 0.398 e. The average molecular weight is 234 g/mol. The third-order valence-corrected chi connectivity index (χ3v) is 3.14. The third-order valence-electron chi connectivity index (χ3n) is 3.14. The molecule has 0 aliphatic carbocycles. The molecule has 0 radical (unpaired) electrons. The average Bonchev–Trinajstić information content (AvgIpc) is 2.82. The molecule has 1 aliphatic rings. The Bertz CT molecular complexity index is 412. The summed E-state index contributed by atoms with van der Waals surface area (Å²) in [5.41, 5.74) is 7.94. The summed E-state index contributed by atoms with van der Waals surface area (Å²) >= 11 is 0. The number of hydrogen-bond acceptors (Lipinski definition) is 3. The molecule has 2 rings (SSSR count). The van der Waals surface area contributed by atoms with Gasteiger partial charge in [0.05, 0.1) is 12.2 Å². The van der Waals surface area contributed by atoms with Crippen LogP contribution in [-0.2, 0) is 4.74 Å². The lowest BCUT2D eigenvalue weighted by atomic mass is 10.1. The lowest BCUT2D eigenvalue weighted by Crippen LogP contribution is -2.30. The number of benzene rings is 1. The van der Waals surface area contributed by atoms with E-state index in [9.17, 15) is 4.79 Å². The lowest BCUT2D eigenvalue weighted by Gasteiger charge is -2.11. The van der Waals surface area contributed by atoms with Gasteiger partial charge in [0.25, 0.3) is 5.91 Å². The Morgan fingerprint density at radius 2 is 2.41 bits per heavy atom. The van der Waals surface area contributed by atoms with Crippen molar-refractivity contribution in [3.05, 3.63) is 29.3 Å². The van der Waals surface area contributed by atoms with Crippen LogP contribution >= 0.6 is 0 Å². The Labute approximate surface area is 101 Å². The SMILES string of the molecule is Cc1cccc(C(=O)NCC2CCOC2)c1N. The Morgan fingerprint density at radius 1 is 1.59 bits per heavy atom. The second-order valence-electron chi connectivity index (χ2n) is 4.48. The zero-order valence-electron chi connectivity index (χ0n) is 10.0. The molecule has 1 amide bonds. The van der Waals surface area contributed by atoms with Crippen LogP contribution in [-0.4, -0.2) is 25.7 Å². The van der Waals surface area contributed by atoms with E-state index >= 15 is 0 Å². The van der Waals surface area contributed by atoms with Gasteiger partial charge in [-0.25, -0.2) is 0 Å². The van der Waals surface area contributed by atoms with Gasteiger partial charge in [-0.05, 0) is 25.0 Å². The van der Waals surface area contributed by atoms with Crippen LogP contribution in [0.5, 0.6) is 0 Å². The Balaban J connectivity index is 1.97. The number of nitrogens with one attached hydrogen (secondary N) is 1. The van der Waals surface area contributed by atoms with Crippen LogP contribution in [0.15, 0.2) is 18.2 Å². The molecule has 1 heterocycles. The van der Waals surface area contributed by atoms with Gasteiger partial charge in [-0.2, -0.15) is 0 Å². The molecular formula is C13H18N2O2. The molecule has 3 N–H and O–H groups in total. The third kappa shape index (κ3) is 2.77. The molecule has 1 aliphatic heterocycles. The number of ether oxygens (including phenoxy) is 1. The van der Waals surface area contributed by atoms with E-state index in [0.717, 1.165) is 25.2 Å². The fraction of sp³-hybridized carbons (Fsp3) is 0.462. The number of rotatable bonds is 3. The predicted octanol–water partition coefficient (Wildman–Crippen LogP) is 1.34. The van der Waals surface area contributed by atoms with Gasteiger partial charge >= 0.3 is 0 Å². The molecule has 1 fully saturated rings. The molecule has 0 saturated carbocycles. The molecule has 1 aromatic rings. The van der Waals surface area contributed by atoms with Gasteiger partial charge in [-0.15, -0.1) is 0 Å². The van der Waals surface area contributed by atoms with E-state index in [1.54, 1.807) is 6.07 Å². The van der Waals surface area contributed by atoms with E-state index in [1.807, 2.05) is 19.1 Å². The minimum atomic E-state index is -0.0990. The number of para-hydroxylation sites is 1. The van der Waals surface area contributed by atoms with Crippen molar-refractivity contribution in [3.8, 4) is 0 Å². The molecule has 1 aromatic carbocycles. The van der Waals surface area contributed by atoms with Crippen molar-refractivity contribution in [3.63, 3.8) is 0 Å². The molecule has 1 unspecified atom stereocenters. The standard InChI is InChI=1S/C13H18N2O2/c1-9-3-2-4-11(12(9)14)13(16)15-7-10-5-6-17-8-10/h2-4,10H,5-8,14H2,1H3,(H,15,16). The van der Waals surface area contributed by atoms with E-state index in [0.29, 0.717) is 23.7 Å². The van der Waals surface area contributed by atoms with Crippen molar-refractivity contribution in [1.82, 2.24) is 5.32 Å². The Hall–Kier alpha value is -1.55. The second-order valence-corrected chi connectivity index (χ2v) is 4.48. The minimum absolute atomic E-state index is 0.0990. The van der Waals surface area contributed by atoms with Crippen LogP contribution in [0.1, 0.15) is 22.3 Å². The van der Waals surface area contributed by atoms with Crippen LogP contribution in [0.3, 0.4) is 0 Å². The normalized spacial score (nSPS) is 19.2. The van der Waals surface area contributed by atoms with Crippen LogP contribution < -0.4 is 11.1 Å². The first kappa shape index (κ1) is 11.9. The molecule has 17 heavy (non-hydrogen) atoms. The van der Waals surface area contributed by atoms with Crippen molar-refractivity contribution in [2.45, 2.75) is 13.3 Å². The summed E-state index contributed by atoms with van der Waals surface area (Å²) in [6.07, 6.45) is 1.02. The molecule has 0 bridgehead atoms. The van der Waals surface area contributed by atoms with Crippen molar-refractivity contribution in [2.75, 3.05) is 25.5 Å². The maximum atomic E-state index is 11.9. The minimum Gasteiger partial charge on any atom is -0.398 e. The molecule has 0 spiro atoms. The fourth-order valence-corrected chi connectivity index (χ4v) is 1.96. The molecule has 1 saturated heterocycles. The highest BCUT2D eigenvalue weighted by Crippen LogP contribution is 2.16. The van der Waals surface area contributed by atoms with Crippen molar-refractivity contribution in [2.24, 2.45) is 5.92 Å². The van der Waals surface area contributed by atoms with E-state index in [-0.39, 0.29) is 5.91 Å². The van der Waals surface area contributed by atoms with E-state index < -0.39 is 0 Å². The highest BCUT2D eigenvalue weighted by atomic mass is 16.5.